The van der Waals surface area contributed by atoms with Crippen LogP contribution in [0.3, 0.4) is 0 Å². The highest BCUT2D eigenvalue weighted by atomic mass is 35.5. The van der Waals surface area contributed by atoms with Crippen LogP contribution >= 0.6 is 12.4 Å². The van der Waals surface area contributed by atoms with Crippen molar-refractivity contribution in [1.82, 2.24) is 4.90 Å². The number of amides is 1. The zero-order valence-electron chi connectivity index (χ0n) is 11.3. The van der Waals surface area contributed by atoms with Crippen LogP contribution in [0, 0.1) is 17.8 Å². The molecular formula is C13H27ClN2O. The van der Waals surface area contributed by atoms with Crippen molar-refractivity contribution in [3.8, 4) is 0 Å². The molecular weight excluding hydrogens is 236 g/mol. The SMILES string of the molecule is CC(CN)C(=O)N1CCCC(C(C)C)CC1.Cl. The van der Waals surface area contributed by atoms with Crippen LogP contribution in [0.2, 0.25) is 0 Å². The lowest BCUT2D eigenvalue weighted by atomic mass is 9.89. The molecule has 4 heteroatoms. The summed E-state index contributed by atoms with van der Waals surface area (Å²) >= 11 is 0. The van der Waals surface area contributed by atoms with E-state index in [1.165, 1.54) is 6.42 Å². The Kier molecular flexibility index (Phi) is 7.80. The molecule has 102 valence electrons. The maximum atomic E-state index is 12.0. The highest BCUT2D eigenvalue weighted by molar-refractivity contribution is 5.85. The first kappa shape index (κ1) is 16.7. The maximum Gasteiger partial charge on any atom is 0.226 e. The van der Waals surface area contributed by atoms with E-state index in [4.69, 9.17) is 5.73 Å². The molecule has 1 heterocycles. The molecule has 0 saturated carbocycles. The smallest absolute Gasteiger partial charge is 0.226 e. The molecule has 1 aliphatic heterocycles. The number of likely N-dealkylation sites (tertiary alicyclic amines) is 1. The molecule has 1 saturated heterocycles. The molecule has 1 aliphatic rings. The van der Waals surface area contributed by atoms with E-state index in [0.717, 1.165) is 37.8 Å². The summed E-state index contributed by atoms with van der Waals surface area (Å²) in [5.41, 5.74) is 5.55. The predicted molar refractivity (Wildman–Crippen MR) is 74.2 cm³/mol. The summed E-state index contributed by atoms with van der Waals surface area (Å²) in [7, 11) is 0. The lowest BCUT2D eigenvalue weighted by molar-refractivity contribution is -0.134. The molecule has 2 N–H and O–H groups in total. The number of hydrogen-bond donors (Lipinski definition) is 1. The number of rotatable bonds is 3. The molecule has 0 aromatic rings. The predicted octanol–water partition coefficient (Wildman–Crippen LogP) is 2.29. The van der Waals surface area contributed by atoms with Gasteiger partial charge in [-0.1, -0.05) is 20.8 Å². The van der Waals surface area contributed by atoms with Gasteiger partial charge in [-0.3, -0.25) is 4.79 Å². The van der Waals surface area contributed by atoms with Gasteiger partial charge in [-0.25, -0.2) is 0 Å². The zero-order valence-corrected chi connectivity index (χ0v) is 12.1. The van der Waals surface area contributed by atoms with Crippen molar-refractivity contribution in [2.75, 3.05) is 19.6 Å². The molecule has 0 aliphatic carbocycles. The molecule has 0 bridgehead atoms. The van der Waals surface area contributed by atoms with Gasteiger partial charge < -0.3 is 10.6 Å². The second kappa shape index (κ2) is 7.93. The third kappa shape index (κ3) is 4.84. The molecule has 0 spiro atoms. The van der Waals surface area contributed by atoms with Crippen molar-refractivity contribution in [3.05, 3.63) is 0 Å². The van der Waals surface area contributed by atoms with Gasteiger partial charge in [-0.15, -0.1) is 12.4 Å². The fourth-order valence-corrected chi connectivity index (χ4v) is 2.42. The van der Waals surface area contributed by atoms with E-state index in [-0.39, 0.29) is 24.2 Å². The minimum atomic E-state index is -0.0180. The number of hydrogen-bond acceptors (Lipinski definition) is 2. The Morgan fingerprint density at radius 3 is 2.47 bits per heavy atom. The number of nitrogens with zero attached hydrogens (tertiary/aromatic N) is 1. The van der Waals surface area contributed by atoms with E-state index in [9.17, 15) is 4.79 Å². The van der Waals surface area contributed by atoms with E-state index in [1.807, 2.05) is 11.8 Å². The van der Waals surface area contributed by atoms with Gasteiger partial charge >= 0.3 is 0 Å². The van der Waals surface area contributed by atoms with Crippen molar-refractivity contribution < 1.29 is 4.79 Å². The average Bonchev–Trinajstić information content (AvgIpc) is 2.52. The minimum absolute atomic E-state index is 0. The quantitative estimate of drug-likeness (QED) is 0.848. The normalized spacial score (nSPS) is 22.9. The van der Waals surface area contributed by atoms with Gasteiger partial charge in [-0.2, -0.15) is 0 Å². The van der Waals surface area contributed by atoms with Crippen molar-refractivity contribution in [2.45, 2.75) is 40.0 Å². The molecule has 1 fully saturated rings. The van der Waals surface area contributed by atoms with E-state index >= 15 is 0 Å². The molecule has 3 nitrogen and oxygen atoms in total. The highest BCUT2D eigenvalue weighted by Crippen LogP contribution is 2.25. The Labute approximate surface area is 112 Å². The van der Waals surface area contributed by atoms with Gasteiger partial charge in [0.05, 0.1) is 0 Å². The summed E-state index contributed by atoms with van der Waals surface area (Å²) in [6.07, 6.45) is 3.56. The first-order valence-electron chi connectivity index (χ1n) is 6.55. The Balaban J connectivity index is 0.00000256. The molecule has 2 atom stereocenters. The topological polar surface area (TPSA) is 46.3 Å². The standard InChI is InChI=1S/C13H26N2O.ClH/c1-10(2)12-5-4-7-15(8-6-12)13(16)11(3)9-14;/h10-12H,4-9,14H2,1-3H3;1H. The van der Waals surface area contributed by atoms with Gasteiger partial charge in [-0.05, 0) is 31.1 Å². The second-order valence-corrected chi connectivity index (χ2v) is 5.40. The van der Waals surface area contributed by atoms with Gasteiger partial charge in [0.1, 0.15) is 0 Å². The molecule has 0 radical (unpaired) electrons. The molecule has 1 rings (SSSR count). The largest absolute Gasteiger partial charge is 0.342 e. The van der Waals surface area contributed by atoms with E-state index < -0.39 is 0 Å². The van der Waals surface area contributed by atoms with Crippen molar-refractivity contribution in [1.29, 1.82) is 0 Å². The summed E-state index contributed by atoms with van der Waals surface area (Å²) in [4.78, 5) is 14.0. The van der Waals surface area contributed by atoms with Crippen LogP contribution in [0.15, 0.2) is 0 Å². The summed E-state index contributed by atoms with van der Waals surface area (Å²) in [5, 5.41) is 0. The lowest BCUT2D eigenvalue weighted by Gasteiger charge is -2.24. The van der Waals surface area contributed by atoms with Crippen LogP contribution in [0.5, 0.6) is 0 Å². The van der Waals surface area contributed by atoms with Crippen LogP contribution in [0.1, 0.15) is 40.0 Å². The van der Waals surface area contributed by atoms with Crippen LogP contribution in [-0.2, 0) is 4.79 Å². The fraction of sp³-hybridized carbons (Fsp3) is 0.923. The summed E-state index contributed by atoms with van der Waals surface area (Å²) < 4.78 is 0. The van der Waals surface area contributed by atoms with Crippen molar-refractivity contribution >= 4 is 18.3 Å². The Hall–Kier alpha value is -0.280. The fourth-order valence-electron chi connectivity index (χ4n) is 2.42. The van der Waals surface area contributed by atoms with Crippen molar-refractivity contribution in [3.63, 3.8) is 0 Å². The van der Waals surface area contributed by atoms with Crippen LogP contribution in [0.4, 0.5) is 0 Å². The molecule has 17 heavy (non-hydrogen) atoms. The first-order chi connectivity index (χ1) is 7.56. The van der Waals surface area contributed by atoms with Crippen LogP contribution < -0.4 is 5.73 Å². The van der Waals surface area contributed by atoms with Gasteiger partial charge in [0.2, 0.25) is 5.91 Å². The summed E-state index contributed by atoms with van der Waals surface area (Å²) in [6.45, 7) is 8.80. The number of halogens is 1. The second-order valence-electron chi connectivity index (χ2n) is 5.40. The van der Waals surface area contributed by atoms with E-state index in [0.29, 0.717) is 6.54 Å². The van der Waals surface area contributed by atoms with Crippen LogP contribution in [0.25, 0.3) is 0 Å². The van der Waals surface area contributed by atoms with Crippen LogP contribution in [-0.4, -0.2) is 30.4 Å². The third-order valence-electron chi connectivity index (χ3n) is 3.80. The van der Waals surface area contributed by atoms with Crippen molar-refractivity contribution in [2.24, 2.45) is 23.5 Å². The number of nitrogens with two attached hydrogens (primary N) is 1. The Morgan fingerprint density at radius 2 is 1.94 bits per heavy atom. The van der Waals surface area contributed by atoms with Gasteiger partial charge in [0.15, 0.2) is 0 Å². The van der Waals surface area contributed by atoms with E-state index in [2.05, 4.69) is 13.8 Å². The Morgan fingerprint density at radius 1 is 1.29 bits per heavy atom. The zero-order chi connectivity index (χ0) is 12.1. The van der Waals surface area contributed by atoms with Gasteiger partial charge in [0, 0.05) is 25.6 Å². The summed E-state index contributed by atoms with van der Waals surface area (Å²) in [6, 6.07) is 0. The highest BCUT2D eigenvalue weighted by Gasteiger charge is 2.24. The third-order valence-corrected chi connectivity index (χ3v) is 3.80. The molecule has 1 amide bonds. The molecule has 0 aromatic heterocycles. The van der Waals surface area contributed by atoms with E-state index in [1.54, 1.807) is 0 Å². The molecule has 0 aromatic carbocycles. The lowest BCUT2D eigenvalue weighted by Crippen LogP contribution is -2.38. The number of carbonyl (C=O) groups is 1. The first-order valence-corrected chi connectivity index (χ1v) is 6.55. The number of carbonyl (C=O) groups excluding carboxylic acids is 1. The minimum Gasteiger partial charge on any atom is -0.342 e. The van der Waals surface area contributed by atoms with Gasteiger partial charge in [0.25, 0.3) is 0 Å². The monoisotopic (exact) mass is 262 g/mol. The maximum absolute atomic E-state index is 12.0. The average molecular weight is 263 g/mol. The summed E-state index contributed by atoms with van der Waals surface area (Å²) in [5.74, 6) is 1.75. The Bertz CT molecular complexity index is 233. The molecule has 2 unspecified atom stereocenters.